The summed E-state index contributed by atoms with van der Waals surface area (Å²) in [7, 11) is 0. The van der Waals surface area contributed by atoms with E-state index in [4.69, 9.17) is 4.98 Å². The fraction of sp³-hybridized carbons (Fsp3) is 0.333. The van der Waals surface area contributed by atoms with Crippen molar-refractivity contribution in [3.8, 4) is 0 Å². The summed E-state index contributed by atoms with van der Waals surface area (Å²) in [5.74, 6) is -0.439. The molecule has 3 aromatic rings. The van der Waals surface area contributed by atoms with E-state index in [-0.39, 0.29) is 11.1 Å². The second-order valence-corrected chi connectivity index (χ2v) is 8.59. The highest BCUT2D eigenvalue weighted by Crippen LogP contribution is 2.32. The Kier molecular flexibility index (Phi) is 5.74. The summed E-state index contributed by atoms with van der Waals surface area (Å²) < 4.78 is 1.12. The Hall–Kier alpha value is -3.60. The number of amides is 1. The number of anilines is 1. The molecule has 32 heavy (non-hydrogen) atoms. The van der Waals surface area contributed by atoms with E-state index >= 15 is 0 Å². The van der Waals surface area contributed by atoms with Crippen LogP contribution in [-0.2, 0) is 6.42 Å². The number of hydrogen-bond acceptors (Lipinski definition) is 8. The van der Waals surface area contributed by atoms with Crippen molar-refractivity contribution in [3.63, 3.8) is 0 Å². The fourth-order valence-corrected chi connectivity index (χ4v) is 4.87. The van der Waals surface area contributed by atoms with Crippen LogP contribution in [0.4, 0.5) is 16.5 Å². The first-order chi connectivity index (χ1) is 15.3. The maximum atomic E-state index is 13.1. The van der Waals surface area contributed by atoms with Crippen molar-refractivity contribution in [3.05, 3.63) is 67.3 Å². The summed E-state index contributed by atoms with van der Waals surface area (Å²) >= 11 is 1.61. The van der Waals surface area contributed by atoms with E-state index in [0.717, 1.165) is 33.9 Å². The zero-order chi connectivity index (χ0) is 23.0. The molecule has 166 valence electrons. The van der Waals surface area contributed by atoms with Crippen molar-refractivity contribution in [2.24, 2.45) is 0 Å². The number of fused-ring (bicyclic) bond motifs is 1. The zero-order valence-electron chi connectivity index (χ0n) is 17.6. The zero-order valence-corrected chi connectivity index (χ0v) is 18.4. The Morgan fingerprint density at radius 1 is 1.09 bits per heavy atom. The van der Waals surface area contributed by atoms with Crippen molar-refractivity contribution in [1.29, 1.82) is 0 Å². The molecule has 2 heterocycles. The number of rotatable bonds is 5. The Labute approximate surface area is 187 Å². The van der Waals surface area contributed by atoms with Gasteiger partial charge in [0.1, 0.15) is 0 Å². The fourth-order valence-electron chi connectivity index (χ4n) is 3.78. The van der Waals surface area contributed by atoms with Gasteiger partial charge in [-0.05, 0) is 31.0 Å². The highest BCUT2D eigenvalue weighted by Gasteiger charge is 2.29. The average Bonchev–Trinajstić information content (AvgIpc) is 3.21. The highest BCUT2D eigenvalue weighted by molar-refractivity contribution is 7.22. The molecule has 1 aliphatic heterocycles. The molecule has 0 radical (unpaired) electrons. The van der Waals surface area contributed by atoms with Crippen LogP contribution in [0.15, 0.2) is 30.3 Å². The number of non-ortho nitro benzene ring substituents is 1. The van der Waals surface area contributed by atoms with Crippen LogP contribution in [0.1, 0.15) is 28.4 Å². The summed E-state index contributed by atoms with van der Waals surface area (Å²) in [5, 5.41) is 23.4. The van der Waals surface area contributed by atoms with Gasteiger partial charge in [0.15, 0.2) is 5.13 Å². The molecule has 0 aliphatic carbocycles. The van der Waals surface area contributed by atoms with Crippen molar-refractivity contribution in [2.45, 2.75) is 20.3 Å². The first-order valence-electron chi connectivity index (χ1n) is 10.2. The lowest BCUT2D eigenvalue weighted by Gasteiger charge is -2.34. The number of aromatic nitrogens is 1. The van der Waals surface area contributed by atoms with Crippen LogP contribution in [0.25, 0.3) is 10.2 Å². The first kappa shape index (κ1) is 21.6. The Balaban J connectivity index is 1.53. The first-order valence-corrected chi connectivity index (χ1v) is 11.0. The number of nitro benzene ring substituents is 2. The Bertz CT molecular complexity index is 1230. The SMILES string of the molecule is CCc1ccc2nc(N3CCN(C(=O)c4cc([N+](=O)[O-])cc([N+](=O)[O-])c4C)CC3)sc2c1. The lowest BCUT2D eigenvalue weighted by Crippen LogP contribution is -2.49. The van der Waals surface area contributed by atoms with Crippen LogP contribution in [0, 0.1) is 27.2 Å². The average molecular weight is 455 g/mol. The third-order valence-electron chi connectivity index (χ3n) is 5.69. The van der Waals surface area contributed by atoms with E-state index in [1.807, 2.05) is 6.07 Å². The van der Waals surface area contributed by atoms with Crippen molar-refractivity contribution >= 4 is 44.0 Å². The molecule has 0 spiro atoms. The molecule has 4 rings (SSSR count). The second kappa shape index (κ2) is 8.50. The van der Waals surface area contributed by atoms with Gasteiger partial charge >= 0.3 is 0 Å². The molecule has 0 unspecified atom stereocenters. The maximum Gasteiger partial charge on any atom is 0.279 e. The van der Waals surface area contributed by atoms with E-state index in [1.54, 1.807) is 16.2 Å². The van der Waals surface area contributed by atoms with E-state index < -0.39 is 27.1 Å². The molecule has 1 fully saturated rings. The highest BCUT2D eigenvalue weighted by atomic mass is 32.1. The largest absolute Gasteiger partial charge is 0.345 e. The van der Waals surface area contributed by atoms with Crippen molar-refractivity contribution < 1.29 is 14.6 Å². The predicted octanol–water partition coefficient (Wildman–Crippen LogP) is 3.95. The minimum Gasteiger partial charge on any atom is -0.345 e. The van der Waals surface area contributed by atoms with Gasteiger partial charge in [-0.15, -0.1) is 0 Å². The number of nitrogens with zero attached hydrogens (tertiary/aromatic N) is 5. The molecule has 0 saturated carbocycles. The van der Waals surface area contributed by atoms with Gasteiger partial charge in [-0.1, -0.05) is 24.3 Å². The minimum absolute atomic E-state index is 0.00793. The van der Waals surface area contributed by atoms with Gasteiger partial charge in [-0.2, -0.15) is 0 Å². The molecule has 2 aromatic carbocycles. The third kappa shape index (κ3) is 3.98. The lowest BCUT2D eigenvalue weighted by molar-refractivity contribution is -0.394. The number of thiazole rings is 1. The van der Waals surface area contributed by atoms with Gasteiger partial charge in [0.25, 0.3) is 17.3 Å². The summed E-state index contributed by atoms with van der Waals surface area (Å²) in [6.45, 7) is 5.45. The Morgan fingerprint density at radius 2 is 1.81 bits per heavy atom. The lowest BCUT2D eigenvalue weighted by atomic mass is 10.0. The van der Waals surface area contributed by atoms with E-state index in [9.17, 15) is 25.0 Å². The van der Waals surface area contributed by atoms with Crippen LogP contribution in [-0.4, -0.2) is 51.8 Å². The van der Waals surface area contributed by atoms with Gasteiger partial charge in [0.2, 0.25) is 0 Å². The molecule has 0 N–H and O–H groups in total. The minimum atomic E-state index is -0.724. The number of benzene rings is 2. The quantitative estimate of drug-likeness (QED) is 0.422. The van der Waals surface area contributed by atoms with Crippen LogP contribution in [0.2, 0.25) is 0 Å². The number of piperazine rings is 1. The van der Waals surface area contributed by atoms with Gasteiger partial charge < -0.3 is 9.80 Å². The molecule has 11 heteroatoms. The molecule has 1 aliphatic rings. The van der Waals surface area contributed by atoms with Gasteiger partial charge in [0.05, 0.1) is 31.7 Å². The Morgan fingerprint density at radius 3 is 2.44 bits per heavy atom. The second-order valence-electron chi connectivity index (χ2n) is 7.58. The number of nitro groups is 2. The molecule has 1 saturated heterocycles. The predicted molar refractivity (Wildman–Crippen MR) is 122 cm³/mol. The topological polar surface area (TPSA) is 123 Å². The maximum absolute atomic E-state index is 13.1. The van der Waals surface area contributed by atoms with Crippen LogP contribution < -0.4 is 4.90 Å². The number of aryl methyl sites for hydroxylation is 1. The normalized spacial score (nSPS) is 14.1. The molecule has 1 aromatic heterocycles. The molecular formula is C21H21N5O5S. The van der Waals surface area contributed by atoms with Gasteiger partial charge in [-0.25, -0.2) is 4.98 Å². The van der Waals surface area contributed by atoms with Crippen molar-refractivity contribution in [1.82, 2.24) is 9.88 Å². The summed E-state index contributed by atoms with van der Waals surface area (Å²) in [6.07, 6.45) is 0.958. The molecule has 10 nitrogen and oxygen atoms in total. The van der Waals surface area contributed by atoms with Gasteiger partial charge in [0, 0.05) is 37.8 Å². The van der Waals surface area contributed by atoms with Gasteiger partial charge in [-0.3, -0.25) is 25.0 Å². The standard InChI is InChI=1S/C21H21N5O5S/c1-3-14-4-5-17-19(10-14)32-21(22-17)24-8-6-23(7-9-24)20(27)16-11-15(25(28)29)12-18(13(16)2)26(30)31/h4-5,10-12H,3,6-9H2,1-2H3. The van der Waals surface area contributed by atoms with Crippen LogP contribution in [0.3, 0.4) is 0 Å². The molecule has 1 amide bonds. The summed E-state index contributed by atoms with van der Waals surface area (Å²) in [6, 6.07) is 8.25. The van der Waals surface area contributed by atoms with Crippen LogP contribution in [0.5, 0.6) is 0 Å². The number of carbonyl (C=O) groups is 1. The monoisotopic (exact) mass is 455 g/mol. The number of carbonyl (C=O) groups excluding carboxylic acids is 1. The van der Waals surface area contributed by atoms with Crippen LogP contribution >= 0.6 is 11.3 Å². The number of hydrogen-bond donors (Lipinski definition) is 0. The smallest absolute Gasteiger partial charge is 0.279 e. The van der Waals surface area contributed by atoms with E-state index in [2.05, 4.69) is 24.0 Å². The third-order valence-corrected chi connectivity index (χ3v) is 6.77. The van der Waals surface area contributed by atoms with Crippen molar-refractivity contribution in [2.75, 3.05) is 31.1 Å². The molecular weight excluding hydrogens is 434 g/mol. The van der Waals surface area contributed by atoms with E-state index in [1.165, 1.54) is 12.5 Å². The summed E-state index contributed by atoms with van der Waals surface area (Å²) in [4.78, 5) is 42.6. The van der Waals surface area contributed by atoms with E-state index in [0.29, 0.717) is 26.2 Å². The molecule has 0 bridgehead atoms. The molecule has 0 atom stereocenters. The summed E-state index contributed by atoms with van der Waals surface area (Å²) in [5.41, 5.74) is 1.43.